The molecule has 6 heteroatoms. The normalized spacial score (nSPS) is 10.5. The molecule has 0 fully saturated rings. The summed E-state index contributed by atoms with van der Waals surface area (Å²) in [5, 5.41) is 22.6. The Labute approximate surface area is 86.4 Å². The number of non-ortho nitro benzene ring substituents is 1. The van der Waals surface area contributed by atoms with Gasteiger partial charge in [0.05, 0.1) is 24.3 Å². The van der Waals surface area contributed by atoms with Crippen molar-refractivity contribution in [3.63, 3.8) is 0 Å². The number of aliphatic hydroxyl groups is 1. The van der Waals surface area contributed by atoms with E-state index in [1.807, 2.05) is 0 Å². The second-order valence-corrected chi connectivity index (χ2v) is 2.74. The van der Waals surface area contributed by atoms with E-state index in [1.54, 1.807) is 12.1 Å². The van der Waals surface area contributed by atoms with Gasteiger partial charge < -0.3 is 10.5 Å². The third-order valence-corrected chi connectivity index (χ3v) is 1.63. The Bertz CT molecular complexity index is 348. The van der Waals surface area contributed by atoms with Crippen molar-refractivity contribution in [1.82, 2.24) is 5.43 Å². The van der Waals surface area contributed by atoms with Crippen LogP contribution in [0.1, 0.15) is 5.56 Å². The maximum atomic E-state index is 10.3. The molecule has 0 saturated heterocycles. The second kappa shape index (κ2) is 5.71. The van der Waals surface area contributed by atoms with Crippen molar-refractivity contribution in [1.29, 1.82) is 0 Å². The van der Waals surface area contributed by atoms with Crippen molar-refractivity contribution in [3.05, 3.63) is 39.9 Å². The van der Waals surface area contributed by atoms with Crippen LogP contribution in [0.2, 0.25) is 0 Å². The molecule has 0 saturated carbocycles. The van der Waals surface area contributed by atoms with Crippen LogP contribution in [0.25, 0.3) is 0 Å². The number of hydrazone groups is 1. The van der Waals surface area contributed by atoms with Gasteiger partial charge in [-0.25, -0.2) is 0 Å². The van der Waals surface area contributed by atoms with E-state index in [0.717, 1.165) is 5.56 Å². The van der Waals surface area contributed by atoms with Gasteiger partial charge in [0.25, 0.3) is 5.69 Å². The number of aliphatic hydroxyl groups excluding tert-OH is 1. The lowest BCUT2D eigenvalue weighted by molar-refractivity contribution is -0.384. The molecule has 2 N–H and O–H groups in total. The molecule has 0 bridgehead atoms. The summed E-state index contributed by atoms with van der Waals surface area (Å²) in [5.41, 5.74) is 3.41. The fourth-order valence-corrected chi connectivity index (χ4v) is 0.917. The summed E-state index contributed by atoms with van der Waals surface area (Å²) >= 11 is 0. The van der Waals surface area contributed by atoms with E-state index in [4.69, 9.17) is 5.11 Å². The predicted octanol–water partition coefficient (Wildman–Crippen LogP) is 0.511. The highest BCUT2D eigenvalue weighted by atomic mass is 16.6. The minimum absolute atomic E-state index is 0.0115. The van der Waals surface area contributed by atoms with E-state index in [0.29, 0.717) is 6.54 Å². The number of hydrogen-bond donors (Lipinski definition) is 2. The fraction of sp³-hybridized carbons (Fsp3) is 0.222. The third-order valence-electron chi connectivity index (χ3n) is 1.63. The number of nitrogens with zero attached hydrogens (tertiary/aromatic N) is 2. The van der Waals surface area contributed by atoms with Crippen molar-refractivity contribution in [2.45, 2.75) is 0 Å². The smallest absolute Gasteiger partial charge is 0.269 e. The molecule has 1 aromatic carbocycles. The Morgan fingerprint density at radius 1 is 1.47 bits per heavy atom. The van der Waals surface area contributed by atoms with E-state index < -0.39 is 4.92 Å². The number of nitro groups is 1. The summed E-state index contributed by atoms with van der Waals surface area (Å²) in [6.45, 7) is 0.390. The highest BCUT2D eigenvalue weighted by Gasteiger charge is 2.02. The summed E-state index contributed by atoms with van der Waals surface area (Å²) in [6.07, 6.45) is 1.53. The van der Waals surface area contributed by atoms with Crippen molar-refractivity contribution in [3.8, 4) is 0 Å². The summed E-state index contributed by atoms with van der Waals surface area (Å²) in [5.74, 6) is 0. The van der Waals surface area contributed by atoms with Gasteiger partial charge in [-0.3, -0.25) is 10.1 Å². The number of hydrogen-bond acceptors (Lipinski definition) is 5. The average Bonchev–Trinajstić information content (AvgIpc) is 2.25. The van der Waals surface area contributed by atoms with E-state index in [-0.39, 0.29) is 12.3 Å². The van der Waals surface area contributed by atoms with Crippen LogP contribution in [0.4, 0.5) is 5.69 Å². The van der Waals surface area contributed by atoms with E-state index in [2.05, 4.69) is 10.5 Å². The molecule has 0 radical (unpaired) electrons. The standard InChI is InChI=1S/C9H11N3O3/c13-6-5-10-11-7-8-1-3-9(4-2-8)12(14)15/h1-4,7,10,13H,5-6H2/b11-7-. The molecule has 0 aliphatic rings. The fourth-order valence-electron chi connectivity index (χ4n) is 0.917. The lowest BCUT2D eigenvalue weighted by Gasteiger charge is -1.95. The van der Waals surface area contributed by atoms with Crippen LogP contribution in [0, 0.1) is 10.1 Å². The first-order valence-corrected chi connectivity index (χ1v) is 4.35. The van der Waals surface area contributed by atoms with Crippen LogP contribution in [0.3, 0.4) is 0 Å². The Balaban J connectivity index is 2.56. The lowest BCUT2D eigenvalue weighted by atomic mass is 10.2. The minimum Gasteiger partial charge on any atom is -0.394 e. The molecule has 80 valence electrons. The van der Waals surface area contributed by atoms with Crippen LogP contribution in [0.5, 0.6) is 0 Å². The largest absolute Gasteiger partial charge is 0.394 e. The Kier molecular flexibility index (Phi) is 4.24. The van der Waals surface area contributed by atoms with Gasteiger partial charge in [-0.05, 0) is 17.7 Å². The predicted molar refractivity (Wildman–Crippen MR) is 55.8 cm³/mol. The molecule has 0 unspecified atom stereocenters. The average molecular weight is 209 g/mol. The number of nitro benzene ring substituents is 1. The first-order chi connectivity index (χ1) is 7.24. The molecule has 0 heterocycles. The molecule has 0 spiro atoms. The van der Waals surface area contributed by atoms with Crippen LogP contribution < -0.4 is 5.43 Å². The molecule has 0 aromatic heterocycles. The van der Waals surface area contributed by atoms with Gasteiger partial charge in [-0.15, -0.1) is 0 Å². The Morgan fingerprint density at radius 3 is 2.67 bits per heavy atom. The van der Waals surface area contributed by atoms with Crippen LogP contribution in [-0.2, 0) is 0 Å². The van der Waals surface area contributed by atoms with Gasteiger partial charge in [0.15, 0.2) is 0 Å². The number of rotatable bonds is 5. The van der Waals surface area contributed by atoms with Gasteiger partial charge in [-0.1, -0.05) is 0 Å². The van der Waals surface area contributed by atoms with Crippen LogP contribution in [0.15, 0.2) is 29.4 Å². The van der Waals surface area contributed by atoms with Gasteiger partial charge in [0.2, 0.25) is 0 Å². The van der Waals surface area contributed by atoms with E-state index >= 15 is 0 Å². The molecule has 0 aliphatic carbocycles. The van der Waals surface area contributed by atoms with E-state index in [9.17, 15) is 10.1 Å². The molecule has 0 atom stereocenters. The van der Waals surface area contributed by atoms with E-state index in [1.165, 1.54) is 18.3 Å². The van der Waals surface area contributed by atoms with Crippen molar-refractivity contribution in [2.75, 3.05) is 13.2 Å². The maximum absolute atomic E-state index is 10.3. The van der Waals surface area contributed by atoms with Crippen molar-refractivity contribution < 1.29 is 10.0 Å². The minimum atomic E-state index is -0.453. The zero-order valence-electron chi connectivity index (χ0n) is 7.96. The molecule has 15 heavy (non-hydrogen) atoms. The van der Waals surface area contributed by atoms with Crippen molar-refractivity contribution in [2.24, 2.45) is 5.10 Å². The monoisotopic (exact) mass is 209 g/mol. The molecular formula is C9H11N3O3. The zero-order valence-corrected chi connectivity index (χ0v) is 7.96. The topological polar surface area (TPSA) is 87.8 Å². The highest BCUT2D eigenvalue weighted by Crippen LogP contribution is 2.10. The molecule has 1 rings (SSSR count). The van der Waals surface area contributed by atoms with Crippen LogP contribution in [-0.4, -0.2) is 29.4 Å². The lowest BCUT2D eigenvalue weighted by Crippen LogP contribution is -2.11. The molecule has 6 nitrogen and oxygen atoms in total. The van der Waals surface area contributed by atoms with Gasteiger partial charge in [-0.2, -0.15) is 5.10 Å². The molecule has 0 amide bonds. The summed E-state index contributed by atoms with van der Waals surface area (Å²) in [7, 11) is 0. The molecule has 1 aromatic rings. The Morgan fingerprint density at radius 2 is 2.13 bits per heavy atom. The van der Waals surface area contributed by atoms with Crippen LogP contribution >= 0.6 is 0 Å². The van der Waals surface area contributed by atoms with Crippen molar-refractivity contribution >= 4 is 11.9 Å². The second-order valence-electron chi connectivity index (χ2n) is 2.74. The molecular weight excluding hydrogens is 198 g/mol. The summed E-state index contributed by atoms with van der Waals surface area (Å²) < 4.78 is 0. The highest BCUT2D eigenvalue weighted by molar-refractivity contribution is 5.79. The van der Waals surface area contributed by atoms with Gasteiger partial charge in [0, 0.05) is 12.1 Å². The molecule has 0 aliphatic heterocycles. The number of nitrogens with one attached hydrogen (secondary N) is 1. The summed E-state index contributed by atoms with van der Waals surface area (Å²) in [6, 6.07) is 6.02. The quantitative estimate of drug-likeness (QED) is 0.320. The van der Waals surface area contributed by atoms with Gasteiger partial charge >= 0.3 is 0 Å². The Hall–Kier alpha value is -1.95. The first-order valence-electron chi connectivity index (χ1n) is 4.35. The number of benzene rings is 1. The SMILES string of the molecule is O=[N+]([O-])c1ccc(/C=N\NCCO)cc1. The maximum Gasteiger partial charge on any atom is 0.269 e. The zero-order chi connectivity index (χ0) is 11.1. The first kappa shape index (κ1) is 11.1. The van der Waals surface area contributed by atoms with Gasteiger partial charge in [0.1, 0.15) is 0 Å². The third kappa shape index (κ3) is 3.74. The summed E-state index contributed by atoms with van der Waals surface area (Å²) in [4.78, 5) is 9.89.